The fraction of sp³-hybridized carbons (Fsp3) is 0.519. The lowest BCUT2D eigenvalue weighted by molar-refractivity contribution is 0.0630. The molecule has 0 radical (unpaired) electrons. The summed E-state index contributed by atoms with van der Waals surface area (Å²) in [7, 11) is 1.60. The molecule has 5 atom stereocenters. The fourth-order valence-electron chi connectivity index (χ4n) is 5.30. The van der Waals surface area contributed by atoms with E-state index in [2.05, 4.69) is 22.5 Å². The van der Waals surface area contributed by atoms with E-state index in [-0.39, 0.29) is 35.5 Å². The van der Waals surface area contributed by atoms with Crippen LogP contribution in [-0.4, -0.2) is 77.8 Å². The summed E-state index contributed by atoms with van der Waals surface area (Å²) in [5.74, 6) is -1.87. The van der Waals surface area contributed by atoms with Crippen molar-refractivity contribution in [1.82, 2.24) is 20.5 Å². The molecular weight excluding hydrogens is 482 g/mol. The summed E-state index contributed by atoms with van der Waals surface area (Å²) in [6, 6.07) is 3.49. The molecule has 2 fully saturated rings. The molecule has 2 aromatic rings. The molecule has 10 heteroatoms. The number of benzene rings is 1. The van der Waals surface area contributed by atoms with Crippen molar-refractivity contribution in [1.29, 1.82) is 0 Å². The molecule has 1 aromatic heterocycles. The number of hydrogen-bond acceptors (Lipinski definition) is 6. The molecule has 2 aliphatic heterocycles. The van der Waals surface area contributed by atoms with Gasteiger partial charge in [0.25, 0.3) is 11.8 Å². The number of nitrogens with zero attached hydrogens (tertiary/aromatic N) is 2. The van der Waals surface area contributed by atoms with Crippen molar-refractivity contribution < 1.29 is 28.2 Å². The normalized spacial score (nSPS) is 23.2. The van der Waals surface area contributed by atoms with Gasteiger partial charge in [-0.2, -0.15) is 0 Å². The van der Waals surface area contributed by atoms with Crippen LogP contribution in [0.5, 0.6) is 0 Å². The molecule has 0 saturated carbocycles. The SMILES string of the molecule is COC[C@H]1CCCN1C(=O)c1cncc(C(=O)N[C@@H](Cc2cc(F)cc(F)c2)[C@H](O)[C@H]2C[C@@H](C)CN2)c1. The van der Waals surface area contributed by atoms with Gasteiger partial charge in [-0.15, -0.1) is 0 Å². The maximum absolute atomic E-state index is 13.8. The third kappa shape index (κ3) is 6.68. The van der Waals surface area contributed by atoms with E-state index >= 15 is 0 Å². The summed E-state index contributed by atoms with van der Waals surface area (Å²) in [6.07, 6.45) is 4.22. The first-order valence-electron chi connectivity index (χ1n) is 12.7. The topological polar surface area (TPSA) is 104 Å². The number of ether oxygens (including phenoxy) is 1. The highest BCUT2D eigenvalue weighted by molar-refractivity contribution is 5.99. The molecule has 2 amide bonds. The molecule has 0 unspecified atom stereocenters. The minimum atomic E-state index is -1.00. The maximum atomic E-state index is 13.8. The molecule has 0 bridgehead atoms. The highest BCUT2D eigenvalue weighted by Crippen LogP contribution is 2.22. The van der Waals surface area contributed by atoms with Crippen LogP contribution in [-0.2, 0) is 11.2 Å². The second-order valence-corrected chi connectivity index (χ2v) is 10.1. The van der Waals surface area contributed by atoms with E-state index in [0.717, 1.165) is 25.5 Å². The average molecular weight is 517 g/mol. The molecule has 1 aromatic carbocycles. The molecule has 3 heterocycles. The number of amides is 2. The molecule has 3 N–H and O–H groups in total. The van der Waals surface area contributed by atoms with E-state index in [9.17, 15) is 23.5 Å². The standard InChI is InChI=1S/C27H34F2N4O4/c1-16-6-23(31-12-16)25(34)24(9-17-7-20(28)11-21(29)8-17)32-26(35)18-10-19(14-30-13-18)27(36)33-5-3-4-22(33)15-37-2/h7-8,10-11,13-14,16,22-25,31,34H,3-6,9,12,15H2,1-2H3,(H,32,35)/t16-,22-,23-,24+,25-/m1/s1. The number of hydrogen-bond donors (Lipinski definition) is 3. The molecule has 0 spiro atoms. The second-order valence-electron chi connectivity index (χ2n) is 10.1. The van der Waals surface area contributed by atoms with Gasteiger partial charge in [-0.1, -0.05) is 6.92 Å². The van der Waals surface area contributed by atoms with E-state index in [1.165, 1.54) is 30.6 Å². The number of likely N-dealkylation sites (tertiary alicyclic amines) is 1. The van der Waals surface area contributed by atoms with E-state index in [1.54, 1.807) is 12.0 Å². The van der Waals surface area contributed by atoms with Crippen LogP contribution in [0.4, 0.5) is 8.78 Å². The average Bonchev–Trinajstić information content (AvgIpc) is 3.51. The van der Waals surface area contributed by atoms with Crippen LogP contribution in [0, 0.1) is 17.6 Å². The lowest BCUT2D eigenvalue weighted by Crippen LogP contribution is -2.52. The zero-order valence-corrected chi connectivity index (χ0v) is 21.1. The third-order valence-corrected chi connectivity index (χ3v) is 7.15. The van der Waals surface area contributed by atoms with Crippen LogP contribution in [0.25, 0.3) is 0 Å². The Balaban J connectivity index is 1.53. The van der Waals surface area contributed by atoms with E-state index < -0.39 is 29.7 Å². The Kier molecular flexibility index (Phi) is 8.83. The van der Waals surface area contributed by atoms with Gasteiger partial charge in [0.2, 0.25) is 0 Å². The van der Waals surface area contributed by atoms with E-state index in [1.807, 2.05) is 0 Å². The third-order valence-electron chi connectivity index (χ3n) is 7.15. The van der Waals surface area contributed by atoms with Gasteiger partial charge in [0, 0.05) is 38.2 Å². The summed E-state index contributed by atoms with van der Waals surface area (Å²) in [5.41, 5.74) is 0.753. The number of rotatable bonds is 9. The molecule has 4 rings (SSSR count). The van der Waals surface area contributed by atoms with Crippen LogP contribution < -0.4 is 10.6 Å². The zero-order chi connectivity index (χ0) is 26.5. The highest BCUT2D eigenvalue weighted by atomic mass is 19.1. The number of methoxy groups -OCH3 is 1. The Morgan fingerprint density at radius 3 is 2.62 bits per heavy atom. The van der Waals surface area contributed by atoms with Gasteiger partial charge in [-0.25, -0.2) is 8.78 Å². The first-order chi connectivity index (χ1) is 17.7. The van der Waals surface area contributed by atoms with Gasteiger partial charge in [0.05, 0.1) is 35.9 Å². The van der Waals surface area contributed by atoms with Crippen LogP contribution in [0.1, 0.15) is 52.5 Å². The number of nitrogens with one attached hydrogen (secondary N) is 2. The number of aliphatic hydroxyl groups excluding tert-OH is 1. The Bertz CT molecular complexity index is 1100. The van der Waals surface area contributed by atoms with Gasteiger partial charge < -0.3 is 25.4 Å². The Morgan fingerprint density at radius 1 is 1.22 bits per heavy atom. The summed E-state index contributed by atoms with van der Waals surface area (Å²) in [6.45, 7) is 3.83. The summed E-state index contributed by atoms with van der Waals surface area (Å²) in [4.78, 5) is 32.2. The number of pyridine rings is 1. The lowest BCUT2D eigenvalue weighted by Gasteiger charge is -2.29. The van der Waals surface area contributed by atoms with Crippen LogP contribution >= 0.6 is 0 Å². The van der Waals surface area contributed by atoms with Crippen LogP contribution in [0.3, 0.4) is 0 Å². The van der Waals surface area contributed by atoms with Gasteiger partial charge in [-0.05, 0) is 61.9 Å². The minimum Gasteiger partial charge on any atom is -0.389 e. The Hall–Kier alpha value is -2.95. The van der Waals surface area contributed by atoms with Gasteiger partial charge in [0.15, 0.2) is 0 Å². The largest absolute Gasteiger partial charge is 0.389 e. The maximum Gasteiger partial charge on any atom is 0.255 e. The van der Waals surface area contributed by atoms with E-state index in [0.29, 0.717) is 31.1 Å². The Morgan fingerprint density at radius 2 is 1.95 bits per heavy atom. The highest BCUT2D eigenvalue weighted by Gasteiger charge is 2.34. The zero-order valence-electron chi connectivity index (χ0n) is 21.1. The van der Waals surface area contributed by atoms with Crippen molar-refractivity contribution in [3.8, 4) is 0 Å². The minimum absolute atomic E-state index is 0.0205. The number of carbonyl (C=O) groups is 2. The van der Waals surface area contributed by atoms with Crippen molar-refractivity contribution in [3.63, 3.8) is 0 Å². The quantitative estimate of drug-likeness (QED) is 0.473. The molecule has 200 valence electrons. The summed E-state index contributed by atoms with van der Waals surface area (Å²) >= 11 is 0. The number of aromatic nitrogens is 1. The number of halogens is 2. The van der Waals surface area contributed by atoms with E-state index in [4.69, 9.17) is 4.74 Å². The monoisotopic (exact) mass is 516 g/mol. The Labute approximate surface area is 215 Å². The molecule has 37 heavy (non-hydrogen) atoms. The molecular formula is C27H34F2N4O4. The predicted octanol–water partition coefficient (Wildman–Crippen LogP) is 2.31. The van der Waals surface area contributed by atoms with Crippen molar-refractivity contribution in [2.75, 3.05) is 26.8 Å². The van der Waals surface area contributed by atoms with Gasteiger partial charge >= 0.3 is 0 Å². The molecule has 2 saturated heterocycles. The molecule has 8 nitrogen and oxygen atoms in total. The second kappa shape index (κ2) is 12.1. The van der Waals surface area contributed by atoms with Gasteiger partial charge in [-0.3, -0.25) is 14.6 Å². The molecule has 0 aliphatic carbocycles. The summed E-state index contributed by atoms with van der Waals surface area (Å²) in [5, 5.41) is 17.2. The lowest BCUT2D eigenvalue weighted by atomic mass is 9.93. The smallest absolute Gasteiger partial charge is 0.255 e. The number of carbonyl (C=O) groups excluding carboxylic acids is 2. The van der Waals surface area contributed by atoms with Crippen molar-refractivity contribution in [2.45, 2.75) is 56.8 Å². The predicted molar refractivity (Wildman–Crippen MR) is 133 cm³/mol. The summed E-state index contributed by atoms with van der Waals surface area (Å²) < 4.78 is 32.9. The van der Waals surface area contributed by atoms with Gasteiger partial charge in [0.1, 0.15) is 11.6 Å². The fourth-order valence-corrected chi connectivity index (χ4v) is 5.30. The first kappa shape index (κ1) is 27.1. The van der Waals surface area contributed by atoms with Crippen molar-refractivity contribution >= 4 is 11.8 Å². The van der Waals surface area contributed by atoms with Crippen molar-refractivity contribution in [2.24, 2.45) is 5.92 Å². The van der Waals surface area contributed by atoms with Crippen molar-refractivity contribution in [3.05, 3.63) is 65.0 Å². The first-order valence-corrected chi connectivity index (χ1v) is 12.7. The number of aliphatic hydroxyl groups is 1. The molecule has 2 aliphatic rings. The van der Waals surface area contributed by atoms with Crippen LogP contribution in [0.15, 0.2) is 36.7 Å². The van der Waals surface area contributed by atoms with Crippen LogP contribution in [0.2, 0.25) is 0 Å².